The number of nitrogens with one attached hydrogen (secondary N) is 1. The fourth-order valence-electron chi connectivity index (χ4n) is 4.20. The lowest BCUT2D eigenvalue weighted by atomic mass is 9.99. The number of benzene rings is 3. The molecule has 5 heteroatoms. The van der Waals surface area contributed by atoms with Gasteiger partial charge in [0.05, 0.1) is 24.4 Å². The summed E-state index contributed by atoms with van der Waals surface area (Å²) in [5.74, 6) is -0.0752. The van der Waals surface area contributed by atoms with Crippen molar-refractivity contribution in [2.45, 2.75) is 38.2 Å². The maximum Gasteiger partial charge on any atom is 0.149 e. The van der Waals surface area contributed by atoms with Gasteiger partial charge < -0.3 is 20.1 Å². The predicted molar refractivity (Wildman–Crippen MR) is 129 cm³/mol. The number of aliphatic hydroxyl groups is 2. The third-order valence-corrected chi connectivity index (χ3v) is 9.62. The van der Waals surface area contributed by atoms with Gasteiger partial charge in [0.15, 0.2) is 0 Å². The number of rotatable bonds is 10. The molecule has 0 aliphatic carbocycles. The van der Waals surface area contributed by atoms with Gasteiger partial charge in [0.1, 0.15) is 7.14 Å². The Hall–Kier alpha value is -2.23. The maximum absolute atomic E-state index is 14.8. The summed E-state index contributed by atoms with van der Waals surface area (Å²) < 4.78 is 14.8. The highest BCUT2D eigenvalue weighted by Gasteiger charge is 2.45. The topological polar surface area (TPSA) is 69.6 Å². The van der Waals surface area contributed by atoms with Crippen LogP contribution < -0.4 is 15.9 Å². The average Bonchev–Trinajstić information content (AvgIpc) is 2.81. The van der Waals surface area contributed by atoms with Crippen LogP contribution in [0.5, 0.6) is 0 Å². The lowest BCUT2D eigenvalue weighted by molar-refractivity contribution is 0.0758. The molecule has 3 N–H and O–H groups in total. The van der Waals surface area contributed by atoms with Gasteiger partial charge in [0, 0.05) is 17.2 Å². The van der Waals surface area contributed by atoms with Gasteiger partial charge in [-0.3, -0.25) is 0 Å². The molecule has 3 aromatic carbocycles. The Balaban J connectivity index is 1.99. The van der Waals surface area contributed by atoms with Crippen LogP contribution in [0.2, 0.25) is 0 Å². The summed E-state index contributed by atoms with van der Waals surface area (Å²) in [6, 6.07) is 28.1. The number of hydrogen-bond donors (Lipinski definition) is 3. The molecule has 0 amide bonds. The van der Waals surface area contributed by atoms with E-state index in [1.54, 1.807) is 0 Å². The van der Waals surface area contributed by atoms with Gasteiger partial charge in [-0.2, -0.15) is 0 Å². The fourth-order valence-corrected chi connectivity index (χ4v) is 7.89. The van der Waals surface area contributed by atoms with Crippen molar-refractivity contribution >= 4 is 17.8 Å². The van der Waals surface area contributed by atoms with Crippen LogP contribution in [0, 0.1) is 5.92 Å². The molecular formula is C26H32NO3P. The second-order valence-electron chi connectivity index (χ2n) is 8.21. The van der Waals surface area contributed by atoms with Gasteiger partial charge in [-0.25, -0.2) is 0 Å². The van der Waals surface area contributed by atoms with Crippen LogP contribution in [0.4, 0.5) is 0 Å². The van der Waals surface area contributed by atoms with Gasteiger partial charge in [-0.1, -0.05) is 105 Å². The largest absolute Gasteiger partial charge is 0.395 e. The van der Waals surface area contributed by atoms with Crippen molar-refractivity contribution < 1.29 is 14.8 Å². The maximum atomic E-state index is 14.8. The molecule has 0 spiro atoms. The fraction of sp³-hybridized carbons (Fsp3) is 0.308. The molecule has 0 bridgehead atoms. The second kappa shape index (κ2) is 10.9. The zero-order chi connectivity index (χ0) is 22.3. The lowest BCUT2D eigenvalue weighted by Crippen LogP contribution is -2.51. The summed E-state index contributed by atoms with van der Waals surface area (Å²) in [7, 11) is -3.21. The third-order valence-electron chi connectivity index (χ3n) is 5.75. The van der Waals surface area contributed by atoms with E-state index in [9.17, 15) is 14.8 Å². The smallest absolute Gasteiger partial charge is 0.149 e. The highest BCUT2D eigenvalue weighted by molar-refractivity contribution is 7.79. The molecule has 0 radical (unpaired) electrons. The summed E-state index contributed by atoms with van der Waals surface area (Å²) in [6.07, 6.45) is -1.00. The minimum absolute atomic E-state index is 0.0752. The SMILES string of the molecule is CC(C)[C@@H]([C@@H](O)[C@H](CO)NCc1ccccc1)P(=O)(c1ccccc1)c1ccccc1. The molecule has 0 unspecified atom stereocenters. The molecule has 4 nitrogen and oxygen atoms in total. The first kappa shape index (κ1) is 23.4. The Kier molecular flexibility index (Phi) is 8.22. The van der Waals surface area contributed by atoms with E-state index < -0.39 is 24.9 Å². The van der Waals surface area contributed by atoms with Crippen molar-refractivity contribution in [3.05, 3.63) is 96.6 Å². The van der Waals surface area contributed by atoms with Crippen molar-refractivity contribution in [3.8, 4) is 0 Å². The van der Waals surface area contributed by atoms with Gasteiger partial charge >= 0.3 is 0 Å². The van der Waals surface area contributed by atoms with Crippen molar-refractivity contribution in [2.24, 2.45) is 5.92 Å². The summed E-state index contributed by atoms with van der Waals surface area (Å²) >= 11 is 0. The molecule has 3 aromatic rings. The van der Waals surface area contributed by atoms with Crippen LogP contribution in [0.1, 0.15) is 19.4 Å². The monoisotopic (exact) mass is 437 g/mol. The standard InChI is InChI=1S/C26H32NO3P/c1-20(2)26(25(29)24(19-28)27-18-21-12-6-3-7-13-21)31(30,22-14-8-4-9-15-22)23-16-10-5-11-17-23/h3-17,20,24-29H,18-19H2,1-2H3/t24-,25-,26-/m0/s1. The summed E-state index contributed by atoms with van der Waals surface area (Å²) in [6.45, 7) is 4.23. The second-order valence-corrected chi connectivity index (χ2v) is 11.2. The van der Waals surface area contributed by atoms with E-state index in [4.69, 9.17) is 0 Å². The molecule has 0 heterocycles. The first-order chi connectivity index (χ1) is 15.0. The van der Waals surface area contributed by atoms with E-state index in [1.165, 1.54) is 0 Å². The molecule has 0 fully saturated rings. The zero-order valence-electron chi connectivity index (χ0n) is 18.1. The number of aliphatic hydroxyl groups excluding tert-OH is 2. The molecular weight excluding hydrogens is 405 g/mol. The number of hydrogen-bond acceptors (Lipinski definition) is 4. The highest BCUT2D eigenvalue weighted by atomic mass is 31.2. The van der Waals surface area contributed by atoms with E-state index in [0.29, 0.717) is 6.54 Å². The summed E-state index contributed by atoms with van der Waals surface area (Å²) in [5, 5.41) is 26.3. The van der Waals surface area contributed by atoms with Crippen molar-refractivity contribution in [1.82, 2.24) is 5.32 Å². The van der Waals surface area contributed by atoms with Crippen LogP contribution in [-0.2, 0) is 11.1 Å². The normalized spacial score (nSPS) is 14.9. The van der Waals surface area contributed by atoms with Gasteiger partial charge in [-0.05, 0) is 11.5 Å². The van der Waals surface area contributed by atoms with Crippen molar-refractivity contribution in [3.63, 3.8) is 0 Å². The zero-order valence-corrected chi connectivity index (χ0v) is 19.0. The van der Waals surface area contributed by atoms with E-state index >= 15 is 0 Å². The predicted octanol–water partition coefficient (Wildman–Crippen LogP) is 3.54. The summed E-state index contributed by atoms with van der Waals surface area (Å²) in [4.78, 5) is 0. The van der Waals surface area contributed by atoms with Crippen LogP contribution in [0.25, 0.3) is 0 Å². The molecule has 0 aliphatic rings. The minimum Gasteiger partial charge on any atom is -0.395 e. The van der Waals surface area contributed by atoms with Crippen LogP contribution in [0.3, 0.4) is 0 Å². The first-order valence-corrected chi connectivity index (χ1v) is 12.5. The van der Waals surface area contributed by atoms with Crippen molar-refractivity contribution in [2.75, 3.05) is 6.61 Å². The Labute approximate surface area is 185 Å². The molecule has 3 rings (SSSR count). The highest BCUT2D eigenvalue weighted by Crippen LogP contribution is 2.53. The summed E-state index contributed by atoms with van der Waals surface area (Å²) in [5.41, 5.74) is 0.501. The van der Waals surface area contributed by atoms with Crippen LogP contribution in [0.15, 0.2) is 91.0 Å². The molecule has 0 aliphatic heterocycles. The van der Waals surface area contributed by atoms with Crippen molar-refractivity contribution in [1.29, 1.82) is 0 Å². The van der Waals surface area contributed by atoms with E-state index in [0.717, 1.165) is 16.2 Å². The quantitative estimate of drug-likeness (QED) is 0.425. The molecule has 164 valence electrons. The Morgan fingerprint density at radius 1 is 0.806 bits per heavy atom. The molecule has 0 aromatic heterocycles. The van der Waals surface area contributed by atoms with Crippen LogP contribution in [-0.4, -0.2) is 34.6 Å². The average molecular weight is 438 g/mol. The molecule has 3 atom stereocenters. The Morgan fingerprint density at radius 3 is 1.68 bits per heavy atom. The van der Waals surface area contributed by atoms with E-state index in [2.05, 4.69) is 5.32 Å². The Morgan fingerprint density at radius 2 is 1.26 bits per heavy atom. The van der Waals surface area contributed by atoms with E-state index in [-0.39, 0.29) is 12.5 Å². The van der Waals surface area contributed by atoms with Gasteiger partial charge in [0.25, 0.3) is 0 Å². The third kappa shape index (κ3) is 5.34. The minimum atomic E-state index is -3.21. The molecule has 0 saturated carbocycles. The van der Waals surface area contributed by atoms with Gasteiger partial charge in [-0.15, -0.1) is 0 Å². The lowest BCUT2D eigenvalue weighted by Gasteiger charge is -2.38. The first-order valence-electron chi connectivity index (χ1n) is 10.8. The van der Waals surface area contributed by atoms with E-state index in [1.807, 2.05) is 105 Å². The Bertz CT molecular complexity index is 920. The van der Waals surface area contributed by atoms with Crippen LogP contribution >= 0.6 is 7.14 Å². The molecule has 31 heavy (non-hydrogen) atoms. The van der Waals surface area contributed by atoms with Gasteiger partial charge in [0.2, 0.25) is 0 Å². The molecule has 0 saturated heterocycles.